The minimum atomic E-state index is 0.809. The Labute approximate surface area is 169 Å². The monoisotopic (exact) mass is 398 g/mol. The molecular formula is C19H26N8S. The number of aromatic nitrogens is 4. The summed E-state index contributed by atoms with van der Waals surface area (Å²) in [7, 11) is 1.85. The number of benzene rings is 1. The molecule has 0 saturated carbocycles. The molecule has 0 atom stereocenters. The first-order valence-electron chi connectivity index (χ1n) is 9.71. The SMILES string of the molecule is CCc1nsc(N2CCN(C(=NC)NCCn3cnc4ccccc43)CC2)n1. The van der Waals surface area contributed by atoms with Gasteiger partial charge < -0.3 is 19.7 Å². The van der Waals surface area contributed by atoms with E-state index < -0.39 is 0 Å². The van der Waals surface area contributed by atoms with Gasteiger partial charge in [-0.3, -0.25) is 4.99 Å². The third-order valence-electron chi connectivity index (χ3n) is 5.00. The Morgan fingerprint density at radius 2 is 2.04 bits per heavy atom. The number of hydrogen-bond acceptors (Lipinski definition) is 6. The van der Waals surface area contributed by atoms with E-state index in [1.807, 2.05) is 31.6 Å². The number of fused-ring (bicyclic) bond motifs is 1. The van der Waals surface area contributed by atoms with Gasteiger partial charge in [-0.05, 0) is 12.1 Å². The van der Waals surface area contributed by atoms with Gasteiger partial charge in [-0.15, -0.1) is 0 Å². The third kappa shape index (κ3) is 3.94. The molecule has 3 heterocycles. The fourth-order valence-electron chi connectivity index (χ4n) is 3.44. The highest BCUT2D eigenvalue weighted by Crippen LogP contribution is 2.19. The van der Waals surface area contributed by atoms with Crippen LogP contribution in [-0.2, 0) is 13.0 Å². The van der Waals surface area contributed by atoms with Crippen molar-refractivity contribution in [2.75, 3.05) is 44.7 Å². The lowest BCUT2D eigenvalue weighted by Gasteiger charge is -2.36. The second-order valence-corrected chi connectivity index (χ2v) is 7.45. The molecule has 148 valence electrons. The van der Waals surface area contributed by atoms with Crippen molar-refractivity contribution in [3.05, 3.63) is 36.4 Å². The van der Waals surface area contributed by atoms with Crippen LogP contribution in [0.5, 0.6) is 0 Å². The van der Waals surface area contributed by atoms with Crippen molar-refractivity contribution >= 4 is 33.7 Å². The number of aliphatic imine (C=N–C) groups is 1. The number of nitrogens with zero attached hydrogens (tertiary/aromatic N) is 7. The Morgan fingerprint density at radius 3 is 2.79 bits per heavy atom. The van der Waals surface area contributed by atoms with E-state index in [2.05, 4.69) is 52.0 Å². The molecule has 3 aromatic rings. The fraction of sp³-hybridized carbons (Fsp3) is 0.474. The summed E-state index contributed by atoms with van der Waals surface area (Å²) in [6.45, 7) is 7.47. The summed E-state index contributed by atoms with van der Waals surface area (Å²) in [6, 6.07) is 8.21. The molecule has 8 nitrogen and oxygen atoms in total. The number of para-hydroxylation sites is 2. The molecule has 0 unspecified atom stereocenters. The number of guanidine groups is 1. The summed E-state index contributed by atoms with van der Waals surface area (Å²) in [5.74, 6) is 1.89. The molecular weight excluding hydrogens is 372 g/mol. The van der Waals surface area contributed by atoms with Gasteiger partial charge in [-0.2, -0.15) is 4.37 Å². The van der Waals surface area contributed by atoms with Gasteiger partial charge in [0, 0.05) is 64.3 Å². The maximum absolute atomic E-state index is 4.61. The minimum Gasteiger partial charge on any atom is -0.354 e. The molecule has 1 fully saturated rings. The number of nitrogens with one attached hydrogen (secondary N) is 1. The first-order valence-corrected chi connectivity index (χ1v) is 10.5. The molecule has 1 aliphatic rings. The van der Waals surface area contributed by atoms with Gasteiger partial charge in [0.15, 0.2) is 5.96 Å². The van der Waals surface area contributed by atoms with Crippen molar-refractivity contribution in [3.8, 4) is 0 Å². The average Bonchev–Trinajstić information content (AvgIpc) is 3.39. The molecule has 0 radical (unpaired) electrons. The minimum absolute atomic E-state index is 0.809. The molecule has 4 rings (SSSR count). The molecule has 9 heteroatoms. The van der Waals surface area contributed by atoms with Gasteiger partial charge in [0.2, 0.25) is 5.13 Å². The molecule has 0 spiro atoms. The van der Waals surface area contributed by atoms with Crippen LogP contribution >= 0.6 is 11.5 Å². The van der Waals surface area contributed by atoms with E-state index in [1.165, 1.54) is 11.5 Å². The maximum Gasteiger partial charge on any atom is 0.205 e. The molecule has 0 bridgehead atoms. The van der Waals surface area contributed by atoms with Gasteiger partial charge in [0.25, 0.3) is 0 Å². The van der Waals surface area contributed by atoms with Crippen molar-refractivity contribution < 1.29 is 0 Å². The van der Waals surface area contributed by atoms with Crippen LogP contribution in [0.3, 0.4) is 0 Å². The summed E-state index contributed by atoms with van der Waals surface area (Å²) in [4.78, 5) is 18.2. The van der Waals surface area contributed by atoms with E-state index in [4.69, 9.17) is 0 Å². The molecule has 1 aromatic carbocycles. The fourth-order valence-corrected chi connectivity index (χ4v) is 4.24. The number of imidazole rings is 1. The van der Waals surface area contributed by atoms with Crippen LogP contribution in [0.4, 0.5) is 5.13 Å². The van der Waals surface area contributed by atoms with E-state index in [0.29, 0.717) is 0 Å². The lowest BCUT2D eigenvalue weighted by atomic mass is 10.3. The van der Waals surface area contributed by atoms with Gasteiger partial charge in [-0.25, -0.2) is 9.97 Å². The molecule has 28 heavy (non-hydrogen) atoms. The molecule has 1 N–H and O–H groups in total. The summed E-state index contributed by atoms with van der Waals surface area (Å²) in [6.07, 6.45) is 2.79. The summed E-state index contributed by atoms with van der Waals surface area (Å²) >= 11 is 1.50. The van der Waals surface area contributed by atoms with Crippen LogP contribution in [0.25, 0.3) is 11.0 Å². The predicted octanol–water partition coefficient (Wildman–Crippen LogP) is 1.85. The van der Waals surface area contributed by atoms with Gasteiger partial charge in [0.05, 0.1) is 17.4 Å². The topological polar surface area (TPSA) is 74.5 Å². The normalized spacial score (nSPS) is 15.4. The Morgan fingerprint density at radius 1 is 1.21 bits per heavy atom. The maximum atomic E-state index is 4.61. The second-order valence-electron chi connectivity index (χ2n) is 6.72. The molecule has 1 aliphatic heterocycles. The molecule has 1 saturated heterocycles. The van der Waals surface area contributed by atoms with E-state index in [0.717, 1.165) is 73.6 Å². The number of piperazine rings is 1. The second kappa shape index (κ2) is 8.55. The Bertz CT molecular complexity index is 938. The smallest absolute Gasteiger partial charge is 0.205 e. The highest BCUT2D eigenvalue weighted by Gasteiger charge is 2.21. The van der Waals surface area contributed by atoms with E-state index in [9.17, 15) is 0 Å². The lowest BCUT2D eigenvalue weighted by Crippen LogP contribution is -2.52. The van der Waals surface area contributed by atoms with Crippen LogP contribution < -0.4 is 10.2 Å². The highest BCUT2D eigenvalue weighted by molar-refractivity contribution is 7.09. The van der Waals surface area contributed by atoms with E-state index in [-0.39, 0.29) is 0 Å². The highest BCUT2D eigenvalue weighted by atomic mass is 32.1. The van der Waals surface area contributed by atoms with Crippen molar-refractivity contribution in [1.82, 2.24) is 29.1 Å². The first kappa shape index (κ1) is 18.7. The molecule has 2 aromatic heterocycles. The summed E-state index contributed by atoms with van der Waals surface area (Å²) in [5, 5.41) is 4.53. The largest absolute Gasteiger partial charge is 0.354 e. The van der Waals surface area contributed by atoms with Crippen molar-refractivity contribution in [2.45, 2.75) is 19.9 Å². The van der Waals surface area contributed by atoms with Crippen LogP contribution in [0, 0.1) is 0 Å². The molecule has 0 aliphatic carbocycles. The zero-order valence-corrected chi connectivity index (χ0v) is 17.2. The Balaban J connectivity index is 1.29. The van der Waals surface area contributed by atoms with Crippen LogP contribution in [0.15, 0.2) is 35.6 Å². The Kier molecular flexibility index (Phi) is 5.70. The number of aryl methyl sites for hydroxylation is 1. The zero-order chi connectivity index (χ0) is 19.3. The standard InChI is InChI=1S/C19H26N8S/c1-3-17-23-19(28-24-17)26-12-10-25(11-13-26)18(20-2)21-8-9-27-14-22-15-6-4-5-7-16(15)27/h4-7,14H,3,8-13H2,1-2H3,(H,20,21). The van der Waals surface area contributed by atoms with Crippen LogP contribution in [-0.4, -0.2) is 69.5 Å². The molecule has 0 amide bonds. The van der Waals surface area contributed by atoms with E-state index in [1.54, 1.807) is 0 Å². The number of anilines is 1. The quantitative estimate of drug-likeness (QED) is 0.522. The first-order chi connectivity index (χ1) is 13.8. The van der Waals surface area contributed by atoms with Gasteiger partial charge in [0.1, 0.15) is 5.82 Å². The van der Waals surface area contributed by atoms with Crippen LogP contribution in [0.1, 0.15) is 12.7 Å². The van der Waals surface area contributed by atoms with Gasteiger partial charge in [-0.1, -0.05) is 19.1 Å². The summed E-state index contributed by atoms with van der Waals surface area (Å²) < 4.78 is 6.57. The average molecular weight is 399 g/mol. The third-order valence-corrected chi connectivity index (χ3v) is 5.81. The van der Waals surface area contributed by atoms with Crippen molar-refractivity contribution in [3.63, 3.8) is 0 Å². The lowest BCUT2D eigenvalue weighted by molar-refractivity contribution is 0.371. The van der Waals surface area contributed by atoms with Gasteiger partial charge >= 0.3 is 0 Å². The van der Waals surface area contributed by atoms with Crippen molar-refractivity contribution in [1.29, 1.82) is 0 Å². The summed E-state index contributed by atoms with van der Waals surface area (Å²) in [5.41, 5.74) is 2.20. The Hall–Kier alpha value is -2.68. The predicted molar refractivity (Wildman–Crippen MR) is 114 cm³/mol. The van der Waals surface area contributed by atoms with Crippen LogP contribution in [0.2, 0.25) is 0 Å². The van der Waals surface area contributed by atoms with Crippen molar-refractivity contribution in [2.24, 2.45) is 4.99 Å². The number of hydrogen-bond donors (Lipinski definition) is 1. The number of rotatable bonds is 5. The zero-order valence-electron chi connectivity index (χ0n) is 16.4. The van der Waals surface area contributed by atoms with E-state index >= 15 is 0 Å².